The summed E-state index contributed by atoms with van der Waals surface area (Å²) in [6.07, 6.45) is 1.84. The molecule has 2 fully saturated rings. The van der Waals surface area contributed by atoms with E-state index in [1.54, 1.807) is 36.3 Å². The molecule has 3 amide bonds. The first kappa shape index (κ1) is 19.8. The molecule has 1 aromatic carbocycles. The molecular formula is C20H25ClN2O4. The van der Waals surface area contributed by atoms with E-state index in [4.69, 9.17) is 16.3 Å². The molecule has 0 bridgehead atoms. The van der Waals surface area contributed by atoms with Gasteiger partial charge >= 0.3 is 0 Å². The van der Waals surface area contributed by atoms with Crippen molar-refractivity contribution in [3.05, 3.63) is 34.9 Å². The Kier molecular flexibility index (Phi) is 5.86. The lowest BCUT2D eigenvalue weighted by atomic mass is 9.75. The second-order valence-electron chi connectivity index (χ2n) is 7.48. The lowest BCUT2D eigenvalue weighted by Crippen LogP contribution is -2.46. The maximum Gasteiger partial charge on any atom is 0.240 e. The molecule has 2 atom stereocenters. The van der Waals surface area contributed by atoms with Gasteiger partial charge in [-0.15, -0.1) is 0 Å². The number of nitrogens with zero attached hydrogens (tertiary/aromatic N) is 2. The van der Waals surface area contributed by atoms with Crippen LogP contribution in [0.2, 0.25) is 5.02 Å². The average molecular weight is 393 g/mol. The van der Waals surface area contributed by atoms with Crippen LogP contribution in [0.1, 0.15) is 31.2 Å². The molecule has 2 saturated heterocycles. The van der Waals surface area contributed by atoms with E-state index in [-0.39, 0.29) is 30.6 Å². The number of halogens is 1. The van der Waals surface area contributed by atoms with Gasteiger partial charge in [0.1, 0.15) is 0 Å². The summed E-state index contributed by atoms with van der Waals surface area (Å²) in [6, 6.07) is 6.98. The third-order valence-electron chi connectivity index (χ3n) is 5.66. The Hall–Kier alpha value is -1.92. The van der Waals surface area contributed by atoms with Crippen molar-refractivity contribution in [2.45, 2.75) is 31.1 Å². The van der Waals surface area contributed by atoms with E-state index in [9.17, 15) is 14.4 Å². The molecule has 146 valence electrons. The molecule has 2 unspecified atom stereocenters. The minimum Gasteiger partial charge on any atom is -0.384 e. The minimum atomic E-state index is -1.23. The number of hydrogen-bond donors (Lipinski definition) is 0. The first-order chi connectivity index (χ1) is 12.9. The summed E-state index contributed by atoms with van der Waals surface area (Å²) < 4.78 is 5.23. The van der Waals surface area contributed by atoms with Crippen molar-refractivity contribution in [1.82, 2.24) is 9.80 Å². The standard InChI is InChI=1S/C20H25ClN2O4/c1-22-17(24)10-20(19(22)26,15-7-3-4-8-16(15)21)11-18(25)23-9-5-6-14(12-23)13-27-2/h3-4,7-8,14H,5-6,9-13H2,1-2H3. The SMILES string of the molecule is COCC1CCCN(C(=O)CC2(c3ccccc3Cl)CC(=O)N(C)C2=O)C1. The van der Waals surface area contributed by atoms with Gasteiger partial charge < -0.3 is 9.64 Å². The van der Waals surface area contributed by atoms with Gasteiger partial charge in [0.2, 0.25) is 17.7 Å². The van der Waals surface area contributed by atoms with Gasteiger partial charge in [-0.05, 0) is 30.4 Å². The van der Waals surface area contributed by atoms with E-state index >= 15 is 0 Å². The molecule has 0 aliphatic carbocycles. The Morgan fingerprint density at radius 3 is 2.70 bits per heavy atom. The molecule has 0 saturated carbocycles. The molecule has 0 aromatic heterocycles. The van der Waals surface area contributed by atoms with Gasteiger partial charge in [0.15, 0.2) is 0 Å². The van der Waals surface area contributed by atoms with Crippen LogP contribution in [0, 0.1) is 5.92 Å². The first-order valence-corrected chi connectivity index (χ1v) is 9.59. The fourth-order valence-electron chi connectivity index (χ4n) is 4.21. The van der Waals surface area contributed by atoms with Gasteiger partial charge in [-0.25, -0.2) is 0 Å². The van der Waals surface area contributed by atoms with Gasteiger partial charge in [0, 0.05) is 45.1 Å². The van der Waals surface area contributed by atoms with Crippen LogP contribution in [0.15, 0.2) is 24.3 Å². The van der Waals surface area contributed by atoms with Crippen molar-refractivity contribution in [3.63, 3.8) is 0 Å². The zero-order valence-electron chi connectivity index (χ0n) is 15.7. The van der Waals surface area contributed by atoms with Crippen molar-refractivity contribution in [3.8, 4) is 0 Å². The number of benzene rings is 1. The highest BCUT2D eigenvalue weighted by Crippen LogP contribution is 2.42. The van der Waals surface area contributed by atoms with E-state index < -0.39 is 5.41 Å². The highest BCUT2D eigenvalue weighted by atomic mass is 35.5. The Bertz CT molecular complexity index is 751. The van der Waals surface area contributed by atoms with Crippen LogP contribution in [-0.4, -0.2) is 61.4 Å². The van der Waals surface area contributed by atoms with Crippen molar-refractivity contribution < 1.29 is 19.1 Å². The van der Waals surface area contributed by atoms with Gasteiger partial charge in [-0.2, -0.15) is 0 Å². The second-order valence-corrected chi connectivity index (χ2v) is 7.88. The largest absolute Gasteiger partial charge is 0.384 e. The topological polar surface area (TPSA) is 66.9 Å². The number of ether oxygens (including phenoxy) is 1. The summed E-state index contributed by atoms with van der Waals surface area (Å²) in [7, 11) is 3.12. The number of carbonyl (C=O) groups is 3. The maximum atomic E-state index is 13.1. The zero-order chi connectivity index (χ0) is 19.6. The average Bonchev–Trinajstić information content (AvgIpc) is 2.87. The zero-order valence-corrected chi connectivity index (χ0v) is 16.5. The molecule has 1 aromatic rings. The number of hydrogen-bond acceptors (Lipinski definition) is 4. The number of piperidine rings is 1. The summed E-state index contributed by atoms with van der Waals surface area (Å²) in [5, 5.41) is 0.401. The van der Waals surface area contributed by atoms with Crippen LogP contribution in [0.3, 0.4) is 0 Å². The summed E-state index contributed by atoms with van der Waals surface area (Å²) in [5.41, 5.74) is -0.677. The molecule has 6 nitrogen and oxygen atoms in total. The quantitative estimate of drug-likeness (QED) is 0.721. The van der Waals surface area contributed by atoms with Gasteiger partial charge in [0.25, 0.3) is 0 Å². The number of amides is 3. The molecule has 0 spiro atoms. The predicted octanol–water partition coefficient (Wildman–Crippen LogP) is 2.24. The fraction of sp³-hybridized carbons (Fsp3) is 0.550. The first-order valence-electron chi connectivity index (χ1n) is 9.22. The predicted molar refractivity (Wildman–Crippen MR) is 101 cm³/mol. The van der Waals surface area contributed by atoms with E-state index in [0.717, 1.165) is 17.7 Å². The molecule has 3 rings (SSSR count). The maximum absolute atomic E-state index is 13.1. The monoisotopic (exact) mass is 392 g/mol. The number of methoxy groups -OCH3 is 1. The molecule has 2 aliphatic heterocycles. The molecule has 0 radical (unpaired) electrons. The third-order valence-corrected chi connectivity index (χ3v) is 5.99. The van der Waals surface area contributed by atoms with E-state index in [1.165, 1.54) is 7.05 Å². The second kappa shape index (κ2) is 7.98. The summed E-state index contributed by atoms with van der Waals surface area (Å²) in [4.78, 5) is 41.3. The molecule has 7 heteroatoms. The van der Waals surface area contributed by atoms with Crippen molar-refractivity contribution in [1.29, 1.82) is 0 Å². The molecular weight excluding hydrogens is 368 g/mol. The number of likely N-dealkylation sites (N-methyl/N-ethyl adjacent to an activating group) is 1. The smallest absolute Gasteiger partial charge is 0.240 e. The van der Waals surface area contributed by atoms with E-state index in [2.05, 4.69) is 0 Å². The van der Waals surface area contributed by atoms with Gasteiger partial charge in [-0.3, -0.25) is 19.3 Å². The number of likely N-dealkylation sites (tertiary alicyclic amines) is 2. The number of carbonyl (C=O) groups excluding carboxylic acids is 3. The molecule has 0 N–H and O–H groups in total. The Morgan fingerprint density at radius 1 is 1.33 bits per heavy atom. The van der Waals surface area contributed by atoms with Crippen LogP contribution in [-0.2, 0) is 24.5 Å². The normalized spacial score (nSPS) is 26.0. The lowest BCUT2D eigenvalue weighted by molar-refractivity contribution is -0.142. The Balaban J connectivity index is 1.89. The van der Waals surface area contributed by atoms with Crippen LogP contribution in [0.5, 0.6) is 0 Å². The van der Waals surface area contributed by atoms with Crippen LogP contribution in [0.25, 0.3) is 0 Å². The summed E-state index contributed by atoms with van der Waals surface area (Å²) in [6.45, 7) is 1.89. The van der Waals surface area contributed by atoms with Crippen LogP contribution < -0.4 is 0 Å². The lowest BCUT2D eigenvalue weighted by Gasteiger charge is -2.35. The van der Waals surface area contributed by atoms with Crippen molar-refractivity contribution in [2.75, 3.05) is 33.9 Å². The summed E-state index contributed by atoms with van der Waals surface area (Å²) >= 11 is 6.36. The van der Waals surface area contributed by atoms with Crippen molar-refractivity contribution >= 4 is 29.3 Å². The molecule has 27 heavy (non-hydrogen) atoms. The van der Waals surface area contributed by atoms with Gasteiger partial charge in [0.05, 0.1) is 12.0 Å². The van der Waals surface area contributed by atoms with Gasteiger partial charge in [-0.1, -0.05) is 29.8 Å². The fourth-order valence-corrected chi connectivity index (χ4v) is 4.53. The highest BCUT2D eigenvalue weighted by molar-refractivity contribution is 6.32. The third kappa shape index (κ3) is 3.73. The van der Waals surface area contributed by atoms with Crippen LogP contribution in [0.4, 0.5) is 0 Å². The molecule has 2 aliphatic rings. The summed E-state index contributed by atoms with van der Waals surface area (Å²) in [5.74, 6) is -0.470. The highest BCUT2D eigenvalue weighted by Gasteiger charge is 2.53. The van der Waals surface area contributed by atoms with E-state index in [1.807, 2.05) is 0 Å². The van der Waals surface area contributed by atoms with E-state index in [0.29, 0.717) is 36.2 Å². The molecule has 2 heterocycles. The minimum absolute atomic E-state index is 0.0346. The Labute approximate surface area is 164 Å². The number of rotatable bonds is 5. The van der Waals surface area contributed by atoms with Crippen molar-refractivity contribution in [2.24, 2.45) is 5.92 Å². The Morgan fingerprint density at radius 2 is 2.07 bits per heavy atom. The van der Waals surface area contributed by atoms with Crippen LogP contribution >= 0.6 is 11.6 Å². The number of imide groups is 1.